The maximum absolute atomic E-state index is 12.8. The molecule has 0 aliphatic carbocycles. The van der Waals surface area contributed by atoms with Crippen LogP contribution in [-0.2, 0) is 22.5 Å². The standard InChI is InChI=1S/C20H25N3O3/c1-15(22-9-11-25-12-10-22)13-19(24)23-8-7-18-17(14-23)20(21-26-18)16-5-3-2-4-6-16/h2-6,15H,7-14H2,1H3/t15-/m1/s1. The molecule has 1 amide bonds. The predicted octanol–water partition coefficient (Wildman–Crippen LogP) is 2.34. The van der Waals surface area contributed by atoms with Gasteiger partial charge in [0.2, 0.25) is 5.91 Å². The van der Waals surface area contributed by atoms with Crippen molar-refractivity contribution in [2.45, 2.75) is 32.4 Å². The van der Waals surface area contributed by atoms with Gasteiger partial charge in [-0.1, -0.05) is 35.5 Å². The SMILES string of the molecule is C[C@H](CC(=O)N1CCc2onc(-c3ccccc3)c2C1)N1CCOCC1. The molecule has 1 atom stereocenters. The van der Waals surface area contributed by atoms with E-state index >= 15 is 0 Å². The van der Waals surface area contributed by atoms with Crippen LogP contribution in [0.1, 0.15) is 24.7 Å². The minimum Gasteiger partial charge on any atom is -0.379 e. The zero-order chi connectivity index (χ0) is 17.9. The summed E-state index contributed by atoms with van der Waals surface area (Å²) in [5.74, 6) is 1.11. The minimum absolute atomic E-state index is 0.204. The van der Waals surface area contributed by atoms with E-state index < -0.39 is 0 Å². The number of amides is 1. The fourth-order valence-corrected chi connectivity index (χ4v) is 3.77. The third kappa shape index (κ3) is 3.52. The first-order chi connectivity index (χ1) is 12.7. The van der Waals surface area contributed by atoms with E-state index in [2.05, 4.69) is 17.0 Å². The number of morpholine rings is 1. The Hall–Kier alpha value is -2.18. The van der Waals surface area contributed by atoms with E-state index in [4.69, 9.17) is 9.26 Å². The highest BCUT2D eigenvalue weighted by Gasteiger charge is 2.29. The van der Waals surface area contributed by atoms with Crippen molar-refractivity contribution in [3.05, 3.63) is 41.7 Å². The van der Waals surface area contributed by atoms with Crippen LogP contribution in [-0.4, -0.2) is 59.8 Å². The van der Waals surface area contributed by atoms with E-state index in [9.17, 15) is 4.79 Å². The van der Waals surface area contributed by atoms with Gasteiger partial charge in [-0.25, -0.2) is 0 Å². The number of carbonyl (C=O) groups is 1. The van der Waals surface area contributed by atoms with E-state index in [0.717, 1.165) is 55.3 Å². The van der Waals surface area contributed by atoms with E-state index in [1.807, 2.05) is 35.2 Å². The van der Waals surface area contributed by atoms with Crippen molar-refractivity contribution in [2.24, 2.45) is 0 Å². The number of hydrogen-bond donors (Lipinski definition) is 0. The topological polar surface area (TPSA) is 58.8 Å². The lowest BCUT2D eigenvalue weighted by Gasteiger charge is -2.34. The molecule has 1 fully saturated rings. The number of nitrogens with zero attached hydrogens (tertiary/aromatic N) is 3. The number of carbonyl (C=O) groups excluding carboxylic acids is 1. The molecule has 0 bridgehead atoms. The largest absolute Gasteiger partial charge is 0.379 e. The van der Waals surface area contributed by atoms with Gasteiger partial charge in [0.05, 0.1) is 19.8 Å². The van der Waals surface area contributed by atoms with Gasteiger partial charge in [0.25, 0.3) is 0 Å². The molecule has 2 aromatic rings. The lowest BCUT2D eigenvalue weighted by Crippen LogP contribution is -2.45. The van der Waals surface area contributed by atoms with Crippen LogP contribution in [0.5, 0.6) is 0 Å². The summed E-state index contributed by atoms with van der Waals surface area (Å²) >= 11 is 0. The fourth-order valence-electron chi connectivity index (χ4n) is 3.77. The Kier molecular flexibility index (Phi) is 5.04. The Labute approximate surface area is 153 Å². The molecule has 6 heteroatoms. The molecule has 0 unspecified atom stereocenters. The van der Waals surface area contributed by atoms with Gasteiger partial charge in [-0.05, 0) is 6.92 Å². The molecule has 1 saturated heterocycles. The van der Waals surface area contributed by atoms with Gasteiger partial charge >= 0.3 is 0 Å². The molecule has 1 aromatic heterocycles. The van der Waals surface area contributed by atoms with Crippen molar-refractivity contribution in [1.82, 2.24) is 15.0 Å². The van der Waals surface area contributed by atoms with Crippen LogP contribution in [0.4, 0.5) is 0 Å². The van der Waals surface area contributed by atoms with Crippen LogP contribution in [0.15, 0.2) is 34.9 Å². The quantitative estimate of drug-likeness (QED) is 0.842. The maximum Gasteiger partial charge on any atom is 0.224 e. The van der Waals surface area contributed by atoms with Gasteiger partial charge in [-0.2, -0.15) is 0 Å². The first-order valence-electron chi connectivity index (χ1n) is 9.35. The zero-order valence-corrected chi connectivity index (χ0v) is 15.2. The highest BCUT2D eigenvalue weighted by atomic mass is 16.5. The van der Waals surface area contributed by atoms with Crippen molar-refractivity contribution in [2.75, 3.05) is 32.8 Å². The molecule has 0 saturated carbocycles. The number of ether oxygens (including phenoxy) is 1. The smallest absolute Gasteiger partial charge is 0.224 e. The third-order valence-electron chi connectivity index (χ3n) is 5.37. The zero-order valence-electron chi connectivity index (χ0n) is 15.2. The number of fused-ring (bicyclic) bond motifs is 1. The Morgan fingerprint density at radius 1 is 1.19 bits per heavy atom. The van der Waals surface area contributed by atoms with Gasteiger partial charge in [-0.15, -0.1) is 0 Å². The molecule has 4 rings (SSSR count). The van der Waals surface area contributed by atoms with Gasteiger partial charge in [0, 0.05) is 49.6 Å². The lowest BCUT2D eigenvalue weighted by molar-refractivity contribution is -0.133. The van der Waals surface area contributed by atoms with Crippen molar-refractivity contribution in [3.8, 4) is 11.3 Å². The molecule has 1 aromatic carbocycles. The van der Waals surface area contributed by atoms with E-state index in [-0.39, 0.29) is 11.9 Å². The van der Waals surface area contributed by atoms with Crippen LogP contribution in [0.3, 0.4) is 0 Å². The molecule has 138 valence electrons. The Bertz CT molecular complexity index is 753. The van der Waals surface area contributed by atoms with Crippen LogP contribution in [0, 0.1) is 0 Å². The van der Waals surface area contributed by atoms with Crippen molar-refractivity contribution < 1.29 is 14.1 Å². The van der Waals surface area contributed by atoms with Gasteiger partial charge in [-0.3, -0.25) is 9.69 Å². The number of aromatic nitrogens is 1. The van der Waals surface area contributed by atoms with Crippen LogP contribution >= 0.6 is 0 Å². The van der Waals surface area contributed by atoms with E-state index in [1.165, 1.54) is 0 Å². The average molecular weight is 355 g/mol. The predicted molar refractivity (Wildman–Crippen MR) is 97.5 cm³/mol. The molecule has 2 aliphatic rings. The number of rotatable bonds is 4. The van der Waals surface area contributed by atoms with Crippen LogP contribution in [0.25, 0.3) is 11.3 Å². The summed E-state index contributed by atoms with van der Waals surface area (Å²) in [5, 5.41) is 4.26. The molecule has 3 heterocycles. The average Bonchev–Trinajstić information content (AvgIpc) is 3.12. The number of hydrogen-bond acceptors (Lipinski definition) is 5. The molecule has 0 N–H and O–H groups in total. The summed E-state index contributed by atoms with van der Waals surface area (Å²) in [6.45, 7) is 6.74. The second-order valence-corrected chi connectivity index (χ2v) is 7.07. The molecule has 0 radical (unpaired) electrons. The number of benzene rings is 1. The fraction of sp³-hybridized carbons (Fsp3) is 0.500. The monoisotopic (exact) mass is 355 g/mol. The summed E-state index contributed by atoms with van der Waals surface area (Å²) in [6.07, 6.45) is 1.27. The minimum atomic E-state index is 0.204. The van der Waals surface area contributed by atoms with Gasteiger partial charge in [0.15, 0.2) is 0 Å². The van der Waals surface area contributed by atoms with Crippen molar-refractivity contribution in [3.63, 3.8) is 0 Å². The molecule has 26 heavy (non-hydrogen) atoms. The van der Waals surface area contributed by atoms with Crippen molar-refractivity contribution in [1.29, 1.82) is 0 Å². The summed E-state index contributed by atoms with van der Waals surface area (Å²) in [6, 6.07) is 10.3. The van der Waals surface area contributed by atoms with Gasteiger partial charge in [0.1, 0.15) is 11.5 Å². The summed E-state index contributed by atoms with van der Waals surface area (Å²) < 4.78 is 10.9. The molecular formula is C20H25N3O3. The van der Waals surface area contributed by atoms with Crippen LogP contribution < -0.4 is 0 Å². The van der Waals surface area contributed by atoms with E-state index in [1.54, 1.807) is 0 Å². The maximum atomic E-state index is 12.8. The van der Waals surface area contributed by atoms with Crippen LogP contribution in [0.2, 0.25) is 0 Å². The van der Waals surface area contributed by atoms with Crippen molar-refractivity contribution >= 4 is 5.91 Å². The summed E-state index contributed by atoms with van der Waals surface area (Å²) in [7, 11) is 0. The first kappa shape index (κ1) is 17.2. The summed E-state index contributed by atoms with van der Waals surface area (Å²) in [4.78, 5) is 17.1. The Morgan fingerprint density at radius 2 is 1.96 bits per heavy atom. The molecular weight excluding hydrogens is 330 g/mol. The van der Waals surface area contributed by atoms with E-state index in [0.29, 0.717) is 19.5 Å². The summed E-state index contributed by atoms with van der Waals surface area (Å²) in [5.41, 5.74) is 2.95. The molecule has 0 spiro atoms. The Balaban J connectivity index is 1.44. The first-order valence-corrected chi connectivity index (χ1v) is 9.35. The third-order valence-corrected chi connectivity index (χ3v) is 5.37. The highest BCUT2D eigenvalue weighted by Crippen LogP contribution is 2.30. The second kappa shape index (κ2) is 7.60. The van der Waals surface area contributed by atoms with Gasteiger partial charge < -0.3 is 14.2 Å². The molecule has 6 nitrogen and oxygen atoms in total. The Morgan fingerprint density at radius 3 is 2.73 bits per heavy atom. The second-order valence-electron chi connectivity index (χ2n) is 7.07. The highest BCUT2D eigenvalue weighted by molar-refractivity contribution is 5.77. The lowest BCUT2D eigenvalue weighted by atomic mass is 10.0. The molecule has 2 aliphatic heterocycles. The normalized spacial score (nSPS) is 19.2.